The third-order valence-electron chi connectivity index (χ3n) is 6.36. The van der Waals surface area contributed by atoms with Crippen molar-refractivity contribution in [1.29, 1.82) is 5.26 Å². The fraction of sp³-hybridized carbons (Fsp3) is 0.286. The number of benzene rings is 2. The number of amides is 3. The van der Waals surface area contributed by atoms with Crippen molar-refractivity contribution in [2.75, 3.05) is 11.4 Å². The fourth-order valence-corrected chi connectivity index (χ4v) is 6.84. The lowest BCUT2D eigenvalue weighted by atomic mass is 10.1. The number of carbonyl (C=O) groups excluding carboxylic acids is 2. The molecule has 8 nitrogen and oxygen atoms in total. The molecular formula is C21H16ClFN4O4S. The third-order valence-corrected chi connectivity index (χ3v) is 8.77. The summed E-state index contributed by atoms with van der Waals surface area (Å²) >= 11 is 6.22. The molecule has 0 saturated carbocycles. The van der Waals surface area contributed by atoms with Crippen molar-refractivity contribution in [1.82, 2.24) is 9.21 Å². The van der Waals surface area contributed by atoms with E-state index in [9.17, 15) is 22.4 Å². The van der Waals surface area contributed by atoms with Gasteiger partial charge in [-0.1, -0.05) is 23.7 Å². The molecule has 2 aromatic carbocycles. The number of sulfonamides is 1. The third kappa shape index (κ3) is 2.65. The van der Waals surface area contributed by atoms with Crippen LogP contribution in [0, 0.1) is 24.1 Å². The van der Waals surface area contributed by atoms with Gasteiger partial charge in [0.25, 0.3) is 5.91 Å². The highest BCUT2D eigenvalue weighted by atomic mass is 35.5. The molecule has 3 heterocycles. The molecule has 0 radical (unpaired) electrons. The number of rotatable bonds is 3. The van der Waals surface area contributed by atoms with Crippen LogP contribution >= 0.6 is 11.6 Å². The minimum atomic E-state index is -4.19. The van der Waals surface area contributed by atoms with Crippen LogP contribution in [0.25, 0.3) is 0 Å². The van der Waals surface area contributed by atoms with Gasteiger partial charge in [0, 0.05) is 12.6 Å². The predicted molar refractivity (Wildman–Crippen MR) is 112 cm³/mol. The fourth-order valence-electron chi connectivity index (χ4n) is 4.90. The van der Waals surface area contributed by atoms with Gasteiger partial charge in [0.05, 0.1) is 22.3 Å². The highest BCUT2D eigenvalue weighted by Gasteiger charge is 2.64. The molecular weight excluding hydrogens is 459 g/mol. The van der Waals surface area contributed by atoms with E-state index in [4.69, 9.17) is 16.9 Å². The topological polar surface area (TPSA) is 102 Å². The van der Waals surface area contributed by atoms with Gasteiger partial charge in [0.1, 0.15) is 22.8 Å². The first-order chi connectivity index (χ1) is 15.2. The van der Waals surface area contributed by atoms with Gasteiger partial charge < -0.3 is 4.90 Å². The summed E-state index contributed by atoms with van der Waals surface area (Å²) in [7, 11) is -4.19. The summed E-state index contributed by atoms with van der Waals surface area (Å²) in [6.45, 7) is 1.59. The van der Waals surface area contributed by atoms with Gasteiger partial charge >= 0.3 is 6.03 Å². The monoisotopic (exact) mass is 474 g/mol. The van der Waals surface area contributed by atoms with Gasteiger partial charge in [-0.05, 0) is 43.2 Å². The summed E-state index contributed by atoms with van der Waals surface area (Å²) in [4.78, 5) is 28.5. The quantitative estimate of drug-likeness (QED) is 0.636. The first-order valence-corrected chi connectivity index (χ1v) is 11.6. The number of nitrogens with zero attached hydrogens (tertiary/aromatic N) is 4. The number of halogens is 2. The number of nitriles is 1. The Kier molecular flexibility index (Phi) is 4.57. The zero-order chi connectivity index (χ0) is 22.9. The standard InChI is InChI=1S/C21H16ClFN4O4S/c1-11-15(7-6-12(9-24)18(11)22)27-20(28)19-16-8-13(26(19)21(27)29)10-25(16)32(30,31)17-5-3-2-4-14(17)23/h2-7,13,16,19H,8,10H2,1H3/t13?,16?,19-/m1/s1. The summed E-state index contributed by atoms with van der Waals surface area (Å²) < 4.78 is 41.7. The molecule has 3 atom stereocenters. The van der Waals surface area contributed by atoms with Gasteiger partial charge in [0.15, 0.2) is 0 Å². The van der Waals surface area contributed by atoms with Crippen LogP contribution < -0.4 is 4.90 Å². The molecule has 0 spiro atoms. The van der Waals surface area contributed by atoms with E-state index in [2.05, 4.69) is 0 Å². The van der Waals surface area contributed by atoms with Gasteiger partial charge in [-0.25, -0.2) is 22.5 Å². The molecule has 0 aliphatic carbocycles. The van der Waals surface area contributed by atoms with Crippen LogP contribution in [0.1, 0.15) is 17.5 Å². The molecule has 2 unspecified atom stereocenters. The van der Waals surface area contributed by atoms with Crippen LogP contribution in [-0.2, 0) is 14.8 Å². The van der Waals surface area contributed by atoms with Crippen LogP contribution in [0.15, 0.2) is 41.3 Å². The van der Waals surface area contributed by atoms with Crippen molar-refractivity contribution in [2.24, 2.45) is 0 Å². The van der Waals surface area contributed by atoms with Crippen molar-refractivity contribution in [3.63, 3.8) is 0 Å². The Balaban J connectivity index is 1.52. The number of hydrogen-bond acceptors (Lipinski definition) is 5. The van der Waals surface area contributed by atoms with E-state index in [0.29, 0.717) is 12.0 Å². The number of anilines is 1. The number of imide groups is 1. The maximum Gasteiger partial charge on any atom is 0.332 e. The van der Waals surface area contributed by atoms with Crippen molar-refractivity contribution in [3.05, 3.63) is 58.4 Å². The second-order valence-corrected chi connectivity index (χ2v) is 10.2. The van der Waals surface area contributed by atoms with E-state index >= 15 is 0 Å². The molecule has 0 N–H and O–H groups in total. The SMILES string of the molecule is Cc1c(N2C(=O)[C@H]3C4CC(CN4S(=O)(=O)c4ccccc4F)N3C2=O)ccc(C#N)c1Cl. The smallest absolute Gasteiger partial charge is 0.306 e. The largest absolute Gasteiger partial charge is 0.332 e. The second kappa shape index (κ2) is 7.00. The minimum absolute atomic E-state index is 0.0161. The average molecular weight is 475 g/mol. The van der Waals surface area contributed by atoms with E-state index in [1.165, 1.54) is 35.2 Å². The Bertz CT molecular complexity index is 1340. The molecule has 3 amide bonds. The van der Waals surface area contributed by atoms with E-state index in [0.717, 1.165) is 15.3 Å². The Morgan fingerprint density at radius 1 is 1.19 bits per heavy atom. The summed E-state index contributed by atoms with van der Waals surface area (Å²) in [5.74, 6) is -1.44. The molecule has 2 bridgehead atoms. The Morgan fingerprint density at radius 3 is 2.59 bits per heavy atom. The summed E-state index contributed by atoms with van der Waals surface area (Å²) in [5.41, 5.74) is 0.868. The normalized spacial score (nSPS) is 24.9. The van der Waals surface area contributed by atoms with Crippen molar-refractivity contribution >= 4 is 39.2 Å². The maximum atomic E-state index is 14.2. The molecule has 3 aliphatic rings. The average Bonchev–Trinajstić information content (AvgIpc) is 3.43. The number of piperazine rings is 1. The van der Waals surface area contributed by atoms with Crippen molar-refractivity contribution in [3.8, 4) is 6.07 Å². The number of urea groups is 1. The van der Waals surface area contributed by atoms with Crippen LogP contribution in [-0.4, -0.2) is 54.2 Å². The zero-order valence-corrected chi connectivity index (χ0v) is 18.3. The number of hydrogen-bond donors (Lipinski definition) is 0. The Labute approximate surface area is 188 Å². The van der Waals surface area contributed by atoms with Crippen molar-refractivity contribution in [2.45, 2.75) is 36.4 Å². The van der Waals surface area contributed by atoms with E-state index < -0.39 is 50.8 Å². The number of fused-ring (bicyclic) bond motifs is 5. The lowest BCUT2D eigenvalue weighted by molar-refractivity contribution is -0.120. The highest BCUT2D eigenvalue weighted by Crippen LogP contribution is 2.45. The number of carbonyl (C=O) groups is 2. The van der Waals surface area contributed by atoms with Crippen molar-refractivity contribution < 1.29 is 22.4 Å². The molecule has 11 heteroatoms. The molecule has 3 saturated heterocycles. The Morgan fingerprint density at radius 2 is 1.91 bits per heavy atom. The first kappa shape index (κ1) is 20.9. The van der Waals surface area contributed by atoms with Crippen LogP contribution in [0.4, 0.5) is 14.9 Å². The zero-order valence-electron chi connectivity index (χ0n) is 16.7. The van der Waals surface area contributed by atoms with Crippen LogP contribution in [0.3, 0.4) is 0 Å². The lowest BCUT2D eigenvalue weighted by Crippen LogP contribution is -2.54. The van der Waals surface area contributed by atoms with E-state index in [-0.39, 0.29) is 22.8 Å². The van der Waals surface area contributed by atoms with Gasteiger partial charge in [-0.2, -0.15) is 9.57 Å². The summed E-state index contributed by atoms with van der Waals surface area (Å²) in [6.07, 6.45) is 0.302. The van der Waals surface area contributed by atoms with Crippen LogP contribution in [0.2, 0.25) is 5.02 Å². The highest BCUT2D eigenvalue weighted by molar-refractivity contribution is 7.89. The summed E-state index contributed by atoms with van der Waals surface area (Å²) in [6, 6.07) is 7.09. The second-order valence-electron chi connectivity index (χ2n) is 7.95. The van der Waals surface area contributed by atoms with Gasteiger partial charge in [0.2, 0.25) is 10.0 Å². The minimum Gasteiger partial charge on any atom is -0.306 e. The molecule has 5 rings (SSSR count). The summed E-state index contributed by atoms with van der Waals surface area (Å²) in [5, 5.41) is 9.29. The van der Waals surface area contributed by atoms with E-state index in [1.807, 2.05) is 6.07 Å². The molecule has 3 aliphatic heterocycles. The lowest BCUT2D eigenvalue weighted by Gasteiger charge is -2.34. The van der Waals surface area contributed by atoms with Gasteiger partial charge in [-0.15, -0.1) is 0 Å². The molecule has 2 aromatic rings. The van der Waals surface area contributed by atoms with Gasteiger partial charge in [-0.3, -0.25) is 4.79 Å². The Hall–Kier alpha value is -3.00. The maximum absolute atomic E-state index is 14.2. The van der Waals surface area contributed by atoms with Crippen LogP contribution in [0.5, 0.6) is 0 Å². The molecule has 164 valence electrons. The predicted octanol–water partition coefficient (Wildman–Crippen LogP) is 2.64. The molecule has 0 aromatic heterocycles. The molecule has 32 heavy (non-hydrogen) atoms. The molecule has 3 fully saturated rings. The first-order valence-electron chi connectivity index (χ1n) is 9.80. The van der Waals surface area contributed by atoms with E-state index in [1.54, 1.807) is 6.92 Å².